The number of aromatic hydroxyl groups is 1. The van der Waals surface area contributed by atoms with E-state index in [1.165, 1.54) is 6.07 Å². The highest BCUT2D eigenvalue weighted by atomic mass is 32.2. The van der Waals surface area contributed by atoms with E-state index in [-0.39, 0.29) is 5.75 Å². The summed E-state index contributed by atoms with van der Waals surface area (Å²) in [6, 6.07) is 9.99. The zero-order chi connectivity index (χ0) is 17.5. The van der Waals surface area contributed by atoms with Gasteiger partial charge in [-0.15, -0.1) is 13.2 Å². The normalized spacial score (nSPS) is 11.5. The van der Waals surface area contributed by atoms with Crippen molar-refractivity contribution in [3.63, 3.8) is 0 Å². The first-order chi connectivity index (χ1) is 11.6. The van der Waals surface area contributed by atoms with Crippen LogP contribution in [0.2, 0.25) is 0 Å². The third-order valence-electron chi connectivity index (χ3n) is 3.40. The molecule has 4 nitrogen and oxygen atoms in total. The summed E-state index contributed by atoms with van der Waals surface area (Å²) in [5.74, 6) is 1.35. The van der Waals surface area contributed by atoms with Gasteiger partial charge in [-0.05, 0) is 54.8 Å². The Balaban J connectivity index is 2.23. The lowest BCUT2D eigenvalue weighted by Crippen LogP contribution is -2.02. The lowest BCUT2D eigenvalue weighted by Gasteiger charge is -2.11. The van der Waals surface area contributed by atoms with E-state index in [2.05, 4.69) is 13.2 Å². The third-order valence-corrected chi connectivity index (χ3v) is 4.38. The smallest absolute Gasteiger partial charge is 0.240 e. The highest BCUT2D eigenvalue weighted by molar-refractivity contribution is 7.80. The Hall–Kier alpha value is -2.53. The monoisotopic (exact) mass is 344 g/mol. The fraction of sp³-hybridized carbons (Fsp3) is 0.158. The van der Waals surface area contributed by atoms with E-state index in [9.17, 15) is 9.32 Å². The second-order valence-corrected chi connectivity index (χ2v) is 6.18. The molecule has 0 radical (unpaired) electrons. The Kier molecular flexibility index (Phi) is 6.21. The fourth-order valence-electron chi connectivity index (χ4n) is 2.24. The number of hydrogen-bond donors (Lipinski definition) is 1. The van der Waals surface area contributed by atoms with Crippen molar-refractivity contribution >= 4 is 11.1 Å². The Labute approximate surface area is 144 Å². The number of phenolic OH excluding ortho intramolecular Hbond substituents is 1. The molecule has 2 aromatic carbocycles. The van der Waals surface area contributed by atoms with Crippen molar-refractivity contribution in [2.45, 2.75) is 17.7 Å². The Morgan fingerprint density at radius 1 is 1.08 bits per heavy atom. The summed E-state index contributed by atoms with van der Waals surface area (Å²) in [4.78, 5) is 0.478. The van der Waals surface area contributed by atoms with Gasteiger partial charge in [0.25, 0.3) is 0 Å². The minimum atomic E-state index is -1.69. The summed E-state index contributed by atoms with van der Waals surface area (Å²) in [6.45, 7) is 7.36. The molecule has 2 rings (SSSR count). The molecule has 0 heterocycles. The van der Waals surface area contributed by atoms with Gasteiger partial charge in [0.1, 0.15) is 17.2 Å². The number of benzene rings is 2. The molecule has 0 saturated heterocycles. The van der Waals surface area contributed by atoms with E-state index in [4.69, 9.17) is 8.92 Å². The van der Waals surface area contributed by atoms with Gasteiger partial charge in [-0.3, -0.25) is 0 Å². The third kappa shape index (κ3) is 4.26. The van der Waals surface area contributed by atoms with E-state index in [1.807, 2.05) is 0 Å². The average Bonchev–Trinajstić information content (AvgIpc) is 2.57. The van der Waals surface area contributed by atoms with Crippen molar-refractivity contribution in [2.24, 2.45) is 0 Å². The maximum atomic E-state index is 12.4. The SMILES string of the molecule is C=CCc1cc(S(=O)Oc2ccc(OC)c(CC=C)c2)ccc1O. The molecule has 0 aromatic heterocycles. The van der Waals surface area contributed by atoms with Crippen molar-refractivity contribution in [3.8, 4) is 17.2 Å². The number of phenols is 1. The van der Waals surface area contributed by atoms with Crippen LogP contribution < -0.4 is 8.92 Å². The fourth-order valence-corrected chi connectivity index (χ4v) is 3.03. The van der Waals surface area contributed by atoms with E-state index < -0.39 is 11.1 Å². The van der Waals surface area contributed by atoms with Crippen LogP contribution in [0.25, 0.3) is 0 Å². The van der Waals surface area contributed by atoms with Gasteiger partial charge in [0.15, 0.2) is 0 Å². The van der Waals surface area contributed by atoms with Gasteiger partial charge in [0, 0.05) is 5.56 Å². The van der Waals surface area contributed by atoms with Crippen molar-refractivity contribution in [1.29, 1.82) is 0 Å². The Morgan fingerprint density at radius 2 is 1.79 bits per heavy atom. The van der Waals surface area contributed by atoms with Crippen LogP contribution in [-0.4, -0.2) is 16.4 Å². The number of hydrogen-bond acceptors (Lipinski definition) is 4. The molecule has 1 N–H and O–H groups in total. The number of ether oxygens (including phenoxy) is 1. The number of rotatable bonds is 8. The van der Waals surface area contributed by atoms with Gasteiger partial charge in [-0.2, -0.15) is 0 Å². The number of allylic oxidation sites excluding steroid dienone is 2. The van der Waals surface area contributed by atoms with E-state index in [0.717, 1.165) is 11.3 Å². The van der Waals surface area contributed by atoms with Crippen LogP contribution in [0.15, 0.2) is 66.6 Å². The van der Waals surface area contributed by atoms with Gasteiger partial charge >= 0.3 is 0 Å². The first-order valence-corrected chi connectivity index (χ1v) is 8.47. The van der Waals surface area contributed by atoms with Crippen LogP contribution in [0.5, 0.6) is 17.2 Å². The molecule has 2 aromatic rings. The molecule has 24 heavy (non-hydrogen) atoms. The van der Waals surface area contributed by atoms with E-state index in [1.54, 1.807) is 49.6 Å². The van der Waals surface area contributed by atoms with Gasteiger partial charge in [-0.25, -0.2) is 4.21 Å². The molecular formula is C19H20O4S. The van der Waals surface area contributed by atoms with Crippen molar-refractivity contribution in [3.05, 3.63) is 72.8 Å². The predicted molar refractivity (Wildman–Crippen MR) is 95.9 cm³/mol. The molecule has 0 aliphatic rings. The molecule has 5 heteroatoms. The van der Waals surface area contributed by atoms with Gasteiger partial charge < -0.3 is 14.0 Å². The maximum Gasteiger partial charge on any atom is 0.240 e. The van der Waals surface area contributed by atoms with Crippen LogP contribution in [0.3, 0.4) is 0 Å². The highest BCUT2D eigenvalue weighted by Gasteiger charge is 2.11. The molecule has 0 bridgehead atoms. The summed E-state index contributed by atoms with van der Waals surface area (Å²) in [6.07, 6.45) is 4.55. The molecule has 1 atom stereocenters. The van der Waals surface area contributed by atoms with Crippen molar-refractivity contribution < 1.29 is 18.2 Å². The predicted octanol–water partition coefficient (Wildman–Crippen LogP) is 3.96. The molecule has 0 amide bonds. The summed E-state index contributed by atoms with van der Waals surface area (Å²) in [5, 5.41) is 9.78. The molecule has 1 unspecified atom stereocenters. The number of methoxy groups -OCH3 is 1. The zero-order valence-electron chi connectivity index (χ0n) is 13.5. The average molecular weight is 344 g/mol. The summed E-state index contributed by atoms with van der Waals surface area (Å²) < 4.78 is 23.3. The molecule has 0 aliphatic heterocycles. The largest absolute Gasteiger partial charge is 0.508 e. The molecular weight excluding hydrogens is 324 g/mol. The first-order valence-electron chi connectivity index (χ1n) is 7.39. The minimum absolute atomic E-state index is 0.147. The van der Waals surface area contributed by atoms with Crippen LogP contribution >= 0.6 is 0 Å². The molecule has 0 fully saturated rings. The van der Waals surface area contributed by atoms with Crippen LogP contribution in [0.1, 0.15) is 11.1 Å². The lowest BCUT2D eigenvalue weighted by molar-refractivity contribution is 0.410. The summed E-state index contributed by atoms with van der Waals surface area (Å²) >= 11 is -1.69. The van der Waals surface area contributed by atoms with E-state index in [0.29, 0.717) is 29.1 Å². The second-order valence-electron chi connectivity index (χ2n) is 5.07. The maximum absolute atomic E-state index is 12.4. The Morgan fingerprint density at radius 3 is 2.46 bits per heavy atom. The van der Waals surface area contributed by atoms with Gasteiger partial charge in [-0.1, -0.05) is 12.2 Å². The molecule has 0 aliphatic carbocycles. The summed E-state index contributed by atoms with van der Waals surface area (Å²) in [7, 11) is 1.60. The summed E-state index contributed by atoms with van der Waals surface area (Å²) in [5.41, 5.74) is 1.56. The van der Waals surface area contributed by atoms with E-state index >= 15 is 0 Å². The zero-order valence-corrected chi connectivity index (χ0v) is 14.3. The van der Waals surface area contributed by atoms with Crippen molar-refractivity contribution in [2.75, 3.05) is 7.11 Å². The standard InChI is InChI=1S/C19H20O4S/c1-4-6-14-13-17(9-10-18(14)20)24(21)23-16-8-11-19(22-3)15(12-16)7-5-2/h4-5,8-13,20H,1-2,6-7H2,3H3. The quantitative estimate of drug-likeness (QED) is 0.737. The lowest BCUT2D eigenvalue weighted by atomic mass is 10.1. The molecule has 0 spiro atoms. The topological polar surface area (TPSA) is 55.8 Å². The highest BCUT2D eigenvalue weighted by Crippen LogP contribution is 2.27. The van der Waals surface area contributed by atoms with Crippen LogP contribution in [0.4, 0.5) is 0 Å². The second kappa shape index (κ2) is 8.36. The van der Waals surface area contributed by atoms with Crippen molar-refractivity contribution in [1.82, 2.24) is 0 Å². The van der Waals surface area contributed by atoms with Crippen LogP contribution in [-0.2, 0) is 23.9 Å². The first kappa shape index (κ1) is 17.8. The van der Waals surface area contributed by atoms with Crippen LogP contribution in [0, 0.1) is 0 Å². The van der Waals surface area contributed by atoms with Gasteiger partial charge in [0.2, 0.25) is 11.1 Å². The minimum Gasteiger partial charge on any atom is -0.508 e. The molecule has 126 valence electrons. The Bertz CT molecular complexity index is 768. The molecule has 0 saturated carbocycles. The van der Waals surface area contributed by atoms with Gasteiger partial charge in [0.05, 0.1) is 12.0 Å².